The third kappa shape index (κ3) is 3.67. The van der Waals surface area contributed by atoms with Crippen LogP contribution in [0.3, 0.4) is 0 Å². The minimum atomic E-state index is -0.153. The predicted molar refractivity (Wildman–Crippen MR) is 101 cm³/mol. The van der Waals surface area contributed by atoms with Crippen LogP contribution >= 0.6 is 23.1 Å². The van der Waals surface area contributed by atoms with E-state index in [-0.39, 0.29) is 5.91 Å². The predicted octanol–water partition coefficient (Wildman–Crippen LogP) is 2.53. The largest absolute Gasteiger partial charge is 0.367 e. The van der Waals surface area contributed by atoms with Gasteiger partial charge in [0.1, 0.15) is 0 Å². The third-order valence-corrected chi connectivity index (χ3v) is 5.46. The third-order valence-electron chi connectivity index (χ3n) is 3.83. The summed E-state index contributed by atoms with van der Waals surface area (Å²) in [5, 5.41) is 10.7. The molecule has 1 saturated heterocycles. The van der Waals surface area contributed by atoms with E-state index in [0.717, 1.165) is 30.3 Å². The van der Waals surface area contributed by atoms with Gasteiger partial charge < -0.3 is 10.2 Å². The second kappa shape index (κ2) is 7.24. The molecule has 7 nitrogen and oxygen atoms in total. The summed E-state index contributed by atoms with van der Waals surface area (Å²) in [5.41, 5.74) is 2.28. The number of hydrogen-bond acceptors (Lipinski definition) is 7. The van der Waals surface area contributed by atoms with E-state index < -0.39 is 0 Å². The van der Waals surface area contributed by atoms with Crippen molar-refractivity contribution in [3.05, 3.63) is 47.2 Å². The summed E-state index contributed by atoms with van der Waals surface area (Å²) in [4.78, 5) is 23.1. The lowest BCUT2D eigenvalue weighted by molar-refractivity contribution is 0.102. The highest BCUT2D eigenvalue weighted by Gasteiger charge is 2.13. The first-order chi connectivity index (χ1) is 12.3. The first-order valence-electron chi connectivity index (χ1n) is 7.83. The fourth-order valence-electron chi connectivity index (χ4n) is 2.51. The van der Waals surface area contributed by atoms with Gasteiger partial charge in [-0.3, -0.25) is 4.79 Å². The Balaban J connectivity index is 1.45. The Morgan fingerprint density at radius 1 is 1.16 bits per heavy atom. The number of anilines is 2. The van der Waals surface area contributed by atoms with Gasteiger partial charge in [0.2, 0.25) is 0 Å². The Kier molecular flexibility index (Phi) is 4.66. The number of hydrogen-bond donors (Lipinski definition) is 1. The van der Waals surface area contributed by atoms with Crippen molar-refractivity contribution >= 4 is 40.4 Å². The van der Waals surface area contributed by atoms with Crippen LogP contribution < -0.4 is 10.2 Å². The normalized spacial score (nSPS) is 14.5. The lowest BCUT2D eigenvalue weighted by Crippen LogP contribution is -2.32. The highest BCUT2D eigenvalue weighted by atomic mass is 32.2. The average Bonchev–Trinajstić information content (AvgIpc) is 3.35. The van der Waals surface area contributed by atoms with E-state index in [1.54, 1.807) is 28.5 Å². The lowest BCUT2D eigenvalue weighted by atomic mass is 10.3. The molecule has 0 aromatic carbocycles. The average molecular weight is 372 g/mol. The SMILES string of the molecule is O=C(Nc1cnn(-c2ncc(N3CCSCC3)cn2)c1)c1ccsc1. The Labute approximate surface area is 153 Å². The molecule has 0 bridgehead atoms. The number of carbonyl (C=O) groups excluding carboxylic acids is 1. The molecular formula is C16H16N6OS2. The molecule has 0 atom stereocenters. The molecule has 4 heterocycles. The molecule has 1 amide bonds. The molecule has 3 aromatic heterocycles. The number of nitrogens with zero attached hydrogens (tertiary/aromatic N) is 5. The fourth-order valence-corrected chi connectivity index (χ4v) is 4.05. The van der Waals surface area contributed by atoms with E-state index in [0.29, 0.717) is 17.2 Å². The summed E-state index contributed by atoms with van der Waals surface area (Å²) in [6, 6.07) is 1.78. The number of nitrogens with one attached hydrogen (secondary N) is 1. The van der Waals surface area contributed by atoms with Gasteiger partial charge in [-0.15, -0.1) is 0 Å². The topological polar surface area (TPSA) is 75.9 Å². The van der Waals surface area contributed by atoms with E-state index in [1.165, 1.54) is 11.3 Å². The van der Waals surface area contributed by atoms with Gasteiger partial charge in [-0.2, -0.15) is 28.2 Å². The van der Waals surface area contributed by atoms with Gasteiger partial charge >= 0.3 is 0 Å². The van der Waals surface area contributed by atoms with Gasteiger partial charge in [-0.05, 0) is 11.4 Å². The molecule has 1 fully saturated rings. The van der Waals surface area contributed by atoms with E-state index in [9.17, 15) is 4.79 Å². The molecule has 25 heavy (non-hydrogen) atoms. The number of thiophene rings is 1. The molecule has 0 unspecified atom stereocenters. The molecule has 1 aliphatic rings. The second-order valence-corrected chi connectivity index (χ2v) is 7.49. The summed E-state index contributed by atoms with van der Waals surface area (Å²) in [6.07, 6.45) is 6.94. The van der Waals surface area contributed by atoms with Crippen LogP contribution in [-0.4, -0.2) is 50.3 Å². The van der Waals surface area contributed by atoms with E-state index in [1.807, 2.05) is 29.5 Å². The first-order valence-corrected chi connectivity index (χ1v) is 9.93. The van der Waals surface area contributed by atoms with Crippen molar-refractivity contribution in [2.24, 2.45) is 0 Å². The minimum Gasteiger partial charge on any atom is -0.367 e. The van der Waals surface area contributed by atoms with Crippen molar-refractivity contribution in [1.82, 2.24) is 19.7 Å². The molecule has 0 saturated carbocycles. The van der Waals surface area contributed by atoms with E-state index in [2.05, 4.69) is 25.3 Å². The van der Waals surface area contributed by atoms with Crippen molar-refractivity contribution in [3.8, 4) is 5.95 Å². The van der Waals surface area contributed by atoms with Crippen molar-refractivity contribution in [2.45, 2.75) is 0 Å². The number of amides is 1. The van der Waals surface area contributed by atoms with Gasteiger partial charge in [0.15, 0.2) is 0 Å². The van der Waals surface area contributed by atoms with Crippen LogP contribution in [-0.2, 0) is 0 Å². The highest BCUT2D eigenvalue weighted by Crippen LogP contribution is 2.18. The lowest BCUT2D eigenvalue weighted by Gasteiger charge is -2.27. The van der Waals surface area contributed by atoms with Crippen LogP contribution in [0.15, 0.2) is 41.6 Å². The summed E-state index contributed by atoms with van der Waals surface area (Å²) in [7, 11) is 0. The zero-order valence-electron chi connectivity index (χ0n) is 13.3. The number of aromatic nitrogens is 4. The molecule has 3 aromatic rings. The fraction of sp³-hybridized carbons (Fsp3) is 0.250. The second-order valence-electron chi connectivity index (χ2n) is 5.48. The van der Waals surface area contributed by atoms with Crippen molar-refractivity contribution < 1.29 is 4.79 Å². The summed E-state index contributed by atoms with van der Waals surface area (Å²) < 4.78 is 1.55. The molecule has 0 radical (unpaired) electrons. The van der Waals surface area contributed by atoms with Gasteiger partial charge in [0, 0.05) is 30.0 Å². The molecule has 0 aliphatic carbocycles. The molecule has 4 rings (SSSR count). The van der Waals surface area contributed by atoms with E-state index in [4.69, 9.17) is 0 Å². The Bertz CT molecular complexity index is 840. The van der Waals surface area contributed by atoms with Gasteiger partial charge in [-0.25, -0.2) is 14.6 Å². The zero-order valence-corrected chi connectivity index (χ0v) is 15.0. The monoisotopic (exact) mass is 372 g/mol. The quantitative estimate of drug-likeness (QED) is 0.758. The minimum absolute atomic E-state index is 0.153. The first kappa shape index (κ1) is 16.1. The number of carbonyl (C=O) groups is 1. The smallest absolute Gasteiger partial charge is 0.256 e. The van der Waals surface area contributed by atoms with Crippen molar-refractivity contribution in [1.29, 1.82) is 0 Å². The summed E-state index contributed by atoms with van der Waals surface area (Å²) in [5.74, 6) is 2.59. The molecular weight excluding hydrogens is 356 g/mol. The van der Waals surface area contributed by atoms with Gasteiger partial charge in [0.25, 0.3) is 11.9 Å². The van der Waals surface area contributed by atoms with Crippen LogP contribution in [0.25, 0.3) is 5.95 Å². The zero-order chi connectivity index (χ0) is 17.1. The van der Waals surface area contributed by atoms with E-state index >= 15 is 0 Å². The number of thioether (sulfide) groups is 1. The maximum Gasteiger partial charge on any atom is 0.256 e. The maximum atomic E-state index is 12.1. The maximum absolute atomic E-state index is 12.1. The van der Waals surface area contributed by atoms with Gasteiger partial charge in [0.05, 0.1) is 41.7 Å². The Morgan fingerprint density at radius 2 is 1.96 bits per heavy atom. The standard InChI is InChI=1S/C16H16N6OS2/c23-15(12-1-4-25-11-12)20-13-7-19-22(10-13)16-17-8-14(9-18-16)21-2-5-24-6-3-21/h1,4,7-11H,2-3,5-6H2,(H,20,23). The van der Waals surface area contributed by atoms with Crippen molar-refractivity contribution in [2.75, 3.05) is 34.8 Å². The Hall–Kier alpha value is -2.39. The Morgan fingerprint density at radius 3 is 2.68 bits per heavy atom. The highest BCUT2D eigenvalue weighted by molar-refractivity contribution is 7.99. The van der Waals surface area contributed by atoms with Gasteiger partial charge in [-0.1, -0.05) is 0 Å². The van der Waals surface area contributed by atoms with Crippen LogP contribution in [0, 0.1) is 0 Å². The molecule has 0 spiro atoms. The molecule has 128 valence electrons. The van der Waals surface area contributed by atoms with Crippen LogP contribution in [0.4, 0.5) is 11.4 Å². The number of rotatable bonds is 4. The summed E-state index contributed by atoms with van der Waals surface area (Å²) >= 11 is 3.46. The molecule has 9 heteroatoms. The van der Waals surface area contributed by atoms with Crippen LogP contribution in [0.5, 0.6) is 0 Å². The van der Waals surface area contributed by atoms with Crippen LogP contribution in [0.1, 0.15) is 10.4 Å². The van der Waals surface area contributed by atoms with Crippen LogP contribution in [0.2, 0.25) is 0 Å². The molecule has 1 N–H and O–H groups in total. The van der Waals surface area contributed by atoms with Crippen molar-refractivity contribution in [3.63, 3.8) is 0 Å². The molecule has 1 aliphatic heterocycles. The summed E-state index contributed by atoms with van der Waals surface area (Å²) in [6.45, 7) is 2.04.